The van der Waals surface area contributed by atoms with Gasteiger partial charge in [0.25, 0.3) is 0 Å². The van der Waals surface area contributed by atoms with Crippen LogP contribution in [0, 0.1) is 0 Å². The van der Waals surface area contributed by atoms with E-state index < -0.39 is 0 Å². The van der Waals surface area contributed by atoms with Gasteiger partial charge in [0.15, 0.2) is 0 Å². The monoisotopic (exact) mass is 292 g/mol. The average Bonchev–Trinajstić information content (AvgIpc) is 2.84. The van der Waals surface area contributed by atoms with Crippen molar-refractivity contribution in [3.8, 4) is 11.1 Å². The number of nitrogens with one attached hydrogen (secondary N) is 1. The molecule has 2 rings (SSSR count). The molecule has 5 nitrogen and oxygen atoms in total. The molecule has 0 spiro atoms. The molecule has 6 heteroatoms. The number of unbranched alkanes of at least 4 members (excludes halogenated alkanes) is 1. The summed E-state index contributed by atoms with van der Waals surface area (Å²) in [4.78, 5) is 4.12. The number of rotatable bonds is 8. The zero-order valence-corrected chi connectivity index (χ0v) is 12.4. The van der Waals surface area contributed by atoms with Crippen LogP contribution < -0.4 is 11.1 Å². The zero-order valence-electron chi connectivity index (χ0n) is 11.6. The second kappa shape index (κ2) is 7.81. The van der Waals surface area contributed by atoms with Gasteiger partial charge in [0, 0.05) is 31.1 Å². The Balaban J connectivity index is 1.93. The lowest BCUT2D eigenvalue weighted by Crippen LogP contribution is -2.09. The third-order valence-corrected chi connectivity index (χ3v) is 3.66. The summed E-state index contributed by atoms with van der Waals surface area (Å²) in [7, 11) is 0. The number of hydrogen-bond donors (Lipinski definition) is 2. The van der Waals surface area contributed by atoms with E-state index in [2.05, 4.69) is 21.6 Å². The number of nitrogens with zero attached hydrogens (tertiary/aromatic N) is 2. The van der Waals surface area contributed by atoms with Crippen molar-refractivity contribution in [1.82, 2.24) is 9.36 Å². The van der Waals surface area contributed by atoms with Crippen LogP contribution in [0.15, 0.2) is 24.5 Å². The molecule has 2 heterocycles. The van der Waals surface area contributed by atoms with Crippen molar-refractivity contribution in [2.24, 2.45) is 0 Å². The van der Waals surface area contributed by atoms with Crippen molar-refractivity contribution in [2.45, 2.75) is 19.8 Å². The summed E-state index contributed by atoms with van der Waals surface area (Å²) in [6, 6.07) is 3.88. The van der Waals surface area contributed by atoms with Gasteiger partial charge in [-0.1, -0.05) is 19.4 Å². The minimum absolute atomic E-state index is 0.539. The fraction of sp³-hybridized carbons (Fsp3) is 0.429. The molecule has 0 fully saturated rings. The van der Waals surface area contributed by atoms with Gasteiger partial charge in [0.05, 0.1) is 12.2 Å². The van der Waals surface area contributed by atoms with Crippen LogP contribution in [0.5, 0.6) is 0 Å². The molecule has 2 aromatic heterocycles. The van der Waals surface area contributed by atoms with Crippen molar-refractivity contribution in [3.05, 3.63) is 24.5 Å². The van der Waals surface area contributed by atoms with E-state index in [9.17, 15) is 0 Å². The van der Waals surface area contributed by atoms with Gasteiger partial charge in [-0.25, -0.2) is 0 Å². The maximum absolute atomic E-state index is 5.94. The number of nitrogen functional groups attached to an aromatic ring is 1. The van der Waals surface area contributed by atoms with Crippen LogP contribution in [0.2, 0.25) is 0 Å². The Labute approximate surface area is 123 Å². The maximum atomic E-state index is 5.94. The summed E-state index contributed by atoms with van der Waals surface area (Å²) < 4.78 is 9.74. The highest BCUT2D eigenvalue weighted by Gasteiger charge is 2.13. The Morgan fingerprint density at radius 2 is 2.30 bits per heavy atom. The molecule has 0 aromatic carbocycles. The van der Waals surface area contributed by atoms with Crippen molar-refractivity contribution in [3.63, 3.8) is 0 Å². The Morgan fingerprint density at radius 3 is 3.05 bits per heavy atom. The highest BCUT2D eigenvalue weighted by molar-refractivity contribution is 7.11. The van der Waals surface area contributed by atoms with E-state index in [1.165, 1.54) is 11.5 Å². The standard InChI is InChI=1S/C14H20N4OS/c1-2-3-8-19-9-7-17-14-12(13(15)18-20-14)11-5-4-6-16-10-11/h4-6,10,17H,2-3,7-9H2,1H3,(H2,15,18). The highest BCUT2D eigenvalue weighted by Crippen LogP contribution is 2.35. The Hall–Kier alpha value is -1.66. The molecule has 3 N–H and O–H groups in total. The summed E-state index contributed by atoms with van der Waals surface area (Å²) in [5.74, 6) is 0.539. The molecule has 0 aliphatic carbocycles. The third-order valence-electron chi connectivity index (χ3n) is 2.84. The molecule has 0 atom stereocenters. The zero-order chi connectivity index (χ0) is 14.2. The molecular formula is C14H20N4OS. The molecule has 0 saturated carbocycles. The molecule has 0 unspecified atom stereocenters. The number of nitrogens with two attached hydrogens (primary N) is 1. The molecule has 0 aliphatic rings. The summed E-state index contributed by atoms with van der Waals surface area (Å²) in [5, 5.41) is 4.30. The topological polar surface area (TPSA) is 73.1 Å². The van der Waals surface area contributed by atoms with Crippen LogP contribution in [0.25, 0.3) is 11.1 Å². The van der Waals surface area contributed by atoms with E-state index in [1.54, 1.807) is 12.4 Å². The largest absolute Gasteiger partial charge is 0.382 e. The van der Waals surface area contributed by atoms with E-state index in [4.69, 9.17) is 10.5 Å². The Bertz CT molecular complexity index is 515. The van der Waals surface area contributed by atoms with Gasteiger partial charge < -0.3 is 15.8 Å². The van der Waals surface area contributed by atoms with Gasteiger partial charge in [-0.2, -0.15) is 4.37 Å². The molecule has 0 aliphatic heterocycles. The summed E-state index contributed by atoms with van der Waals surface area (Å²) in [5.41, 5.74) is 7.85. The lowest BCUT2D eigenvalue weighted by atomic mass is 10.1. The van der Waals surface area contributed by atoms with Gasteiger partial charge in [0.2, 0.25) is 0 Å². The van der Waals surface area contributed by atoms with Crippen LogP contribution in [0.4, 0.5) is 10.8 Å². The van der Waals surface area contributed by atoms with Crippen LogP contribution >= 0.6 is 11.5 Å². The van der Waals surface area contributed by atoms with E-state index in [0.717, 1.165) is 42.1 Å². The van der Waals surface area contributed by atoms with Gasteiger partial charge in [0.1, 0.15) is 10.8 Å². The minimum atomic E-state index is 0.539. The summed E-state index contributed by atoms with van der Waals surface area (Å²) in [6.45, 7) is 4.41. The Kier molecular flexibility index (Phi) is 5.76. The van der Waals surface area contributed by atoms with Gasteiger partial charge in [-0.05, 0) is 24.0 Å². The quantitative estimate of drug-likeness (QED) is 0.732. The number of ether oxygens (including phenoxy) is 1. The molecule has 0 saturated heterocycles. The second-order valence-corrected chi connectivity index (χ2v) is 5.18. The molecular weight excluding hydrogens is 272 g/mol. The lowest BCUT2D eigenvalue weighted by molar-refractivity contribution is 0.141. The molecule has 0 bridgehead atoms. The van der Waals surface area contributed by atoms with Crippen LogP contribution in [0.1, 0.15) is 19.8 Å². The normalized spacial score (nSPS) is 10.7. The van der Waals surface area contributed by atoms with Gasteiger partial charge in [-0.3, -0.25) is 4.98 Å². The van der Waals surface area contributed by atoms with E-state index in [1.807, 2.05) is 12.1 Å². The number of hydrogen-bond acceptors (Lipinski definition) is 6. The first-order valence-electron chi connectivity index (χ1n) is 6.80. The van der Waals surface area contributed by atoms with Gasteiger partial charge in [-0.15, -0.1) is 0 Å². The SMILES string of the molecule is CCCCOCCNc1snc(N)c1-c1cccnc1. The molecule has 2 aromatic rings. The average molecular weight is 292 g/mol. The van der Waals surface area contributed by atoms with Crippen molar-refractivity contribution in [2.75, 3.05) is 30.8 Å². The molecule has 0 amide bonds. The predicted molar refractivity (Wildman–Crippen MR) is 84.0 cm³/mol. The third kappa shape index (κ3) is 3.91. The first-order valence-corrected chi connectivity index (χ1v) is 7.57. The second-order valence-electron chi connectivity index (χ2n) is 4.41. The molecule has 0 radical (unpaired) electrons. The highest BCUT2D eigenvalue weighted by atomic mass is 32.1. The molecule has 20 heavy (non-hydrogen) atoms. The fourth-order valence-corrected chi connectivity index (χ4v) is 2.56. The van der Waals surface area contributed by atoms with Crippen LogP contribution in [-0.2, 0) is 4.74 Å². The predicted octanol–water partition coefficient (Wildman–Crippen LogP) is 3.02. The smallest absolute Gasteiger partial charge is 0.147 e. The first-order chi connectivity index (χ1) is 9.83. The maximum Gasteiger partial charge on any atom is 0.147 e. The fourth-order valence-electron chi connectivity index (χ4n) is 1.80. The van der Waals surface area contributed by atoms with Crippen LogP contribution in [-0.4, -0.2) is 29.1 Å². The van der Waals surface area contributed by atoms with E-state index >= 15 is 0 Å². The van der Waals surface area contributed by atoms with Crippen molar-refractivity contribution in [1.29, 1.82) is 0 Å². The minimum Gasteiger partial charge on any atom is -0.382 e. The summed E-state index contributed by atoms with van der Waals surface area (Å²) in [6.07, 6.45) is 5.80. The van der Waals surface area contributed by atoms with Crippen molar-refractivity contribution < 1.29 is 4.74 Å². The molecule has 108 valence electrons. The summed E-state index contributed by atoms with van der Waals surface area (Å²) >= 11 is 1.37. The first kappa shape index (κ1) is 14.7. The Morgan fingerprint density at radius 1 is 1.40 bits per heavy atom. The van der Waals surface area contributed by atoms with Crippen LogP contribution in [0.3, 0.4) is 0 Å². The lowest BCUT2D eigenvalue weighted by Gasteiger charge is -2.07. The van der Waals surface area contributed by atoms with E-state index in [0.29, 0.717) is 12.4 Å². The number of pyridine rings is 1. The number of aromatic nitrogens is 2. The van der Waals surface area contributed by atoms with Gasteiger partial charge >= 0.3 is 0 Å². The van der Waals surface area contributed by atoms with E-state index in [-0.39, 0.29) is 0 Å². The number of anilines is 2. The van der Waals surface area contributed by atoms with Crippen molar-refractivity contribution >= 4 is 22.4 Å².